The van der Waals surface area contributed by atoms with Crippen LogP contribution in [0.2, 0.25) is 0 Å². The predicted octanol–water partition coefficient (Wildman–Crippen LogP) is 2.52. The Labute approximate surface area is 99.9 Å². The Balaban J connectivity index is 2.24. The molecule has 0 unspecified atom stereocenters. The van der Waals surface area contributed by atoms with E-state index in [1.54, 1.807) is 25.3 Å². The Morgan fingerprint density at radius 1 is 1.41 bits per heavy atom. The highest BCUT2D eigenvalue weighted by Crippen LogP contribution is 2.25. The largest absolute Gasteiger partial charge is 0.497 e. The molecule has 0 saturated heterocycles. The SMILES string of the molecule is COc1ccc(C(=O)O)c(NC2CC=CC2)c1. The summed E-state index contributed by atoms with van der Waals surface area (Å²) in [7, 11) is 1.57. The molecule has 0 spiro atoms. The number of carbonyl (C=O) groups is 1. The first-order valence-corrected chi connectivity index (χ1v) is 5.53. The Bertz CT molecular complexity index is 446. The molecular weight excluding hydrogens is 218 g/mol. The van der Waals surface area contributed by atoms with Crippen LogP contribution < -0.4 is 10.1 Å². The smallest absolute Gasteiger partial charge is 0.337 e. The van der Waals surface area contributed by atoms with Crippen molar-refractivity contribution in [3.05, 3.63) is 35.9 Å². The van der Waals surface area contributed by atoms with Gasteiger partial charge in [0.05, 0.1) is 18.4 Å². The maximum atomic E-state index is 11.1. The van der Waals surface area contributed by atoms with Crippen molar-refractivity contribution in [1.82, 2.24) is 0 Å². The molecule has 2 rings (SSSR count). The number of hydrogen-bond donors (Lipinski definition) is 2. The zero-order chi connectivity index (χ0) is 12.3. The van der Waals surface area contributed by atoms with E-state index >= 15 is 0 Å². The number of ether oxygens (including phenoxy) is 1. The zero-order valence-electron chi connectivity index (χ0n) is 9.64. The molecule has 17 heavy (non-hydrogen) atoms. The summed E-state index contributed by atoms with van der Waals surface area (Å²) < 4.78 is 5.11. The molecular formula is C13H15NO3. The number of methoxy groups -OCH3 is 1. The summed E-state index contributed by atoms with van der Waals surface area (Å²) in [6.07, 6.45) is 6.04. The van der Waals surface area contributed by atoms with E-state index in [1.807, 2.05) is 0 Å². The fourth-order valence-electron chi connectivity index (χ4n) is 1.91. The average Bonchev–Trinajstić information content (AvgIpc) is 2.81. The summed E-state index contributed by atoms with van der Waals surface area (Å²) in [5.41, 5.74) is 0.892. The van der Waals surface area contributed by atoms with Gasteiger partial charge in [0.1, 0.15) is 5.75 Å². The molecule has 0 atom stereocenters. The lowest BCUT2D eigenvalue weighted by Gasteiger charge is -2.16. The molecule has 0 aliphatic heterocycles. The number of rotatable bonds is 4. The Morgan fingerprint density at radius 2 is 2.12 bits per heavy atom. The van der Waals surface area contributed by atoms with E-state index in [0.717, 1.165) is 12.8 Å². The minimum absolute atomic E-state index is 0.276. The number of carboxylic acids is 1. The maximum absolute atomic E-state index is 11.1. The molecule has 1 aromatic rings. The van der Waals surface area contributed by atoms with Crippen molar-refractivity contribution >= 4 is 11.7 Å². The molecule has 0 heterocycles. The fourth-order valence-corrected chi connectivity index (χ4v) is 1.91. The van der Waals surface area contributed by atoms with E-state index in [-0.39, 0.29) is 11.6 Å². The van der Waals surface area contributed by atoms with Gasteiger partial charge >= 0.3 is 5.97 Å². The van der Waals surface area contributed by atoms with Gasteiger partial charge in [-0.1, -0.05) is 12.2 Å². The third kappa shape index (κ3) is 2.58. The Hall–Kier alpha value is -1.97. The van der Waals surface area contributed by atoms with Gasteiger partial charge in [-0.2, -0.15) is 0 Å². The highest BCUT2D eigenvalue weighted by atomic mass is 16.5. The van der Waals surface area contributed by atoms with E-state index in [4.69, 9.17) is 9.84 Å². The first-order valence-electron chi connectivity index (χ1n) is 5.53. The van der Waals surface area contributed by atoms with E-state index in [9.17, 15) is 4.79 Å². The van der Waals surface area contributed by atoms with Crippen molar-refractivity contribution in [2.24, 2.45) is 0 Å². The standard InChI is InChI=1S/C13H15NO3/c1-17-10-6-7-11(13(15)16)12(8-10)14-9-4-2-3-5-9/h2-3,6-9,14H,4-5H2,1H3,(H,15,16). The molecule has 0 amide bonds. The molecule has 1 aliphatic carbocycles. The number of carboxylic acid groups (broad SMARTS) is 1. The van der Waals surface area contributed by atoms with Gasteiger partial charge in [0.15, 0.2) is 0 Å². The van der Waals surface area contributed by atoms with Crippen LogP contribution in [0.1, 0.15) is 23.2 Å². The van der Waals surface area contributed by atoms with Gasteiger partial charge in [0.2, 0.25) is 0 Å². The third-order valence-electron chi connectivity index (χ3n) is 2.82. The minimum Gasteiger partial charge on any atom is -0.497 e. The van der Waals surface area contributed by atoms with Crippen LogP contribution in [-0.4, -0.2) is 24.2 Å². The summed E-state index contributed by atoms with van der Waals surface area (Å²) in [6.45, 7) is 0. The van der Waals surface area contributed by atoms with E-state index < -0.39 is 5.97 Å². The quantitative estimate of drug-likeness (QED) is 0.784. The monoisotopic (exact) mass is 233 g/mol. The lowest BCUT2D eigenvalue weighted by atomic mass is 10.1. The Kier molecular flexibility index (Phi) is 3.32. The fraction of sp³-hybridized carbons (Fsp3) is 0.308. The minimum atomic E-state index is -0.930. The first-order chi connectivity index (χ1) is 8.20. The van der Waals surface area contributed by atoms with Crippen LogP contribution in [0.4, 0.5) is 5.69 Å². The van der Waals surface area contributed by atoms with Gasteiger partial charge in [0, 0.05) is 12.1 Å². The van der Waals surface area contributed by atoms with Crippen LogP contribution in [0.15, 0.2) is 30.4 Å². The lowest BCUT2D eigenvalue weighted by Crippen LogP contribution is -2.17. The molecule has 4 heteroatoms. The normalized spacial score (nSPS) is 14.9. The third-order valence-corrected chi connectivity index (χ3v) is 2.82. The van der Waals surface area contributed by atoms with Crippen molar-refractivity contribution in [2.45, 2.75) is 18.9 Å². The van der Waals surface area contributed by atoms with Crippen LogP contribution in [-0.2, 0) is 0 Å². The van der Waals surface area contributed by atoms with Gasteiger partial charge in [0.25, 0.3) is 0 Å². The molecule has 0 saturated carbocycles. The molecule has 1 aromatic carbocycles. The molecule has 1 aliphatic rings. The molecule has 0 fully saturated rings. The van der Waals surface area contributed by atoms with Crippen molar-refractivity contribution in [1.29, 1.82) is 0 Å². The molecule has 90 valence electrons. The highest BCUT2D eigenvalue weighted by Gasteiger charge is 2.15. The first kappa shape index (κ1) is 11.5. The number of nitrogens with one attached hydrogen (secondary N) is 1. The second-order valence-electron chi connectivity index (χ2n) is 4.00. The molecule has 2 N–H and O–H groups in total. The molecule has 0 aromatic heterocycles. The van der Waals surface area contributed by atoms with Crippen molar-refractivity contribution in [2.75, 3.05) is 12.4 Å². The number of aromatic carboxylic acids is 1. The summed E-state index contributed by atoms with van der Waals surface area (Å²) >= 11 is 0. The summed E-state index contributed by atoms with van der Waals surface area (Å²) in [6, 6.07) is 5.22. The van der Waals surface area contributed by atoms with E-state index in [1.165, 1.54) is 0 Å². The number of anilines is 1. The van der Waals surface area contributed by atoms with Crippen LogP contribution in [0.25, 0.3) is 0 Å². The second kappa shape index (κ2) is 4.91. The lowest BCUT2D eigenvalue weighted by molar-refractivity contribution is 0.0698. The van der Waals surface area contributed by atoms with Gasteiger partial charge in [-0.15, -0.1) is 0 Å². The maximum Gasteiger partial charge on any atom is 0.337 e. The van der Waals surface area contributed by atoms with Crippen LogP contribution in [0, 0.1) is 0 Å². The van der Waals surface area contributed by atoms with Gasteiger partial charge < -0.3 is 15.2 Å². The average molecular weight is 233 g/mol. The molecule has 4 nitrogen and oxygen atoms in total. The van der Waals surface area contributed by atoms with Crippen molar-refractivity contribution in [3.63, 3.8) is 0 Å². The van der Waals surface area contributed by atoms with E-state index in [0.29, 0.717) is 11.4 Å². The highest BCUT2D eigenvalue weighted by molar-refractivity contribution is 5.94. The summed E-state index contributed by atoms with van der Waals surface area (Å²) in [5.74, 6) is -0.274. The second-order valence-corrected chi connectivity index (χ2v) is 4.00. The summed E-state index contributed by atoms with van der Waals surface area (Å²) in [4.78, 5) is 11.1. The summed E-state index contributed by atoms with van der Waals surface area (Å²) in [5, 5.41) is 12.3. The number of hydrogen-bond acceptors (Lipinski definition) is 3. The van der Waals surface area contributed by atoms with Crippen molar-refractivity contribution < 1.29 is 14.6 Å². The molecule has 0 bridgehead atoms. The van der Waals surface area contributed by atoms with Crippen LogP contribution in [0.5, 0.6) is 5.75 Å². The van der Waals surface area contributed by atoms with Crippen LogP contribution >= 0.6 is 0 Å². The topological polar surface area (TPSA) is 58.6 Å². The predicted molar refractivity (Wildman–Crippen MR) is 65.7 cm³/mol. The number of benzene rings is 1. The molecule has 0 radical (unpaired) electrons. The van der Waals surface area contributed by atoms with Crippen LogP contribution in [0.3, 0.4) is 0 Å². The Morgan fingerprint density at radius 3 is 2.71 bits per heavy atom. The van der Waals surface area contributed by atoms with Crippen molar-refractivity contribution in [3.8, 4) is 5.75 Å². The zero-order valence-corrected chi connectivity index (χ0v) is 9.64. The van der Waals surface area contributed by atoms with Gasteiger partial charge in [-0.25, -0.2) is 4.79 Å². The van der Waals surface area contributed by atoms with E-state index in [2.05, 4.69) is 17.5 Å². The van der Waals surface area contributed by atoms with Gasteiger partial charge in [-0.3, -0.25) is 0 Å². The van der Waals surface area contributed by atoms with Gasteiger partial charge in [-0.05, 0) is 25.0 Å².